The Morgan fingerprint density at radius 2 is 2.13 bits per heavy atom. The number of rotatable bonds is 4. The third-order valence-electron chi connectivity index (χ3n) is 3.88. The lowest BCUT2D eigenvalue weighted by Crippen LogP contribution is -2.51. The fourth-order valence-electron chi connectivity index (χ4n) is 2.61. The van der Waals surface area contributed by atoms with Gasteiger partial charge in [0, 0.05) is 44.3 Å². The lowest BCUT2D eigenvalue weighted by atomic mass is 10.1. The van der Waals surface area contributed by atoms with Crippen molar-refractivity contribution in [2.75, 3.05) is 37.6 Å². The number of phenols is 1. The fraction of sp³-hybridized carbons (Fsp3) is 0.375. The van der Waals surface area contributed by atoms with E-state index in [-0.39, 0.29) is 5.75 Å². The highest BCUT2D eigenvalue weighted by Crippen LogP contribution is 2.18. The summed E-state index contributed by atoms with van der Waals surface area (Å²) in [6.45, 7) is 4.18. The van der Waals surface area contributed by atoms with Crippen LogP contribution < -0.4 is 10.6 Å². The molecular weight excluding hydrogens is 310 g/mol. The Morgan fingerprint density at radius 1 is 1.30 bits per heavy atom. The van der Waals surface area contributed by atoms with Crippen LogP contribution in [0.1, 0.15) is 5.56 Å². The van der Waals surface area contributed by atoms with Crippen LogP contribution in [0.4, 0.5) is 5.13 Å². The van der Waals surface area contributed by atoms with Gasteiger partial charge in [0.05, 0.1) is 0 Å². The van der Waals surface area contributed by atoms with Crippen molar-refractivity contribution in [1.82, 2.24) is 9.88 Å². The van der Waals surface area contributed by atoms with Gasteiger partial charge in [0.2, 0.25) is 0 Å². The lowest BCUT2D eigenvalue weighted by molar-refractivity contribution is 0.380. The smallest absolute Gasteiger partial charge is 0.191 e. The second kappa shape index (κ2) is 7.32. The lowest BCUT2D eigenvalue weighted by Gasteiger charge is -2.35. The maximum absolute atomic E-state index is 9.45. The van der Waals surface area contributed by atoms with Gasteiger partial charge in [0.25, 0.3) is 0 Å². The summed E-state index contributed by atoms with van der Waals surface area (Å²) < 4.78 is 0. The van der Waals surface area contributed by atoms with Gasteiger partial charge in [-0.2, -0.15) is 0 Å². The first-order valence-corrected chi connectivity index (χ1v) is 8.57. The van der Waals surface area contributed by atoms with Gasteiger partial charge in [-0.05, 0) is 24.1 Å². The molecule has 2 heterocycles. The number of hydrogen-bond donors (Lipinski definition) is 2. The molecule has 0 saturated carbocycles. The molecule has 0 amide bonds. The van der Waals surface area contributed by atoms with Gasteiger partial charge in [-0.3, -0.25) is 4.99 Å². The molecule has 3 N–H and O–H groups in total. The summed E-state index contributed by atoms with van der Waals surface area (Å²) in [4.78, 5) is 13.2. The van der Waals surface area contributed by atoms with Crippen molar-refractivity contribution >= 4 is 22.4 Å². The Hall–Kier alpha value is -2.28. The largest absolute Gasteiger partial charge is 0.508 e. The highest BCUT2D eigenvalue weighted by atomic mass is 32.1. The predicted octanol–water partition coefficient (Wildman–Crippen LogP) is 1.53. The summed E-state index contributed by atoms with van der Waals surface area (Å²) in [5.74, 6) is 0.890. The summed E-state index contributed by atoms with van der Waals surface area (Å²) in [6.07, 6.45) is 2.61. The molecule has 3 rings (SSSR count). The molecule has 0 spiro atoms. The van der Waals surface area contributed by atoms with Gasteiger partial charge in [0.15, 0.2) is 11.1 Å². The van der Waals surface area contributed by atoms with Crippen molar-refractivity contribution in [3.63, 3.8) is 0 Å². The minimum Gasteiger partial charge on any atom is -0.508 e. The van der Waals surface area contributed by atoms with E-state index in [9.17, 15) is 5.11 Å². The van der Waals surface area contributed by atoms with E-state index < -0.39 is 0 Å². The first-order chi connectivity index (χ1) is 11.2. The molecule has 6 nitrogen and oxygen atoms in total. The van der Waals surface area contributed by atoms with Crippen molar-refractivity contribution in [1.29, 1.82) is 0 Å². The van der Waals surface area contributed by atoms with Crippen LogP contribution in [0.2, 0.25) is 0 Å². The standard InChI is InChI=1S/C16H21N5OS/c17-15(18-5-4-13-2-1-3-14(22)12-13)20-7-9-21(10-8-20)16-19-6-11-23-16/h1-3,6,11-12,22H,4-5,7-10H2,(H2,17,18). The van der Waals surface area contributed by atoms with E-state index in [1.165, 1.54) is 0 Å². The number of aromatic hydroxyl groups is 1. The number of piperazine rings is 1. The van der Waals surface area contributed by atoms with E-state index >= 15 is 0 Å². The average Bonchev–Trinajstić information content (AvgIpc) is 3.09. The molecule has 2 aromatic rings. The SMILES string of the molecule is NC(=NCCc1cccc(O)c1)N1CCN(c2nccs2)CC1. The van der Waals surface area contributed by atoms with E-state index in [1.807, 2.05) is 23.7 Å². The summed E-state index contributed by atoms with van der Waals surface area (Å²) in [7, 11) is 0. The Balaban J connectivity index is 1.48. The highest BCUT2D eigenvalue weighted by Gasteiger charge is 2.19. The third kappa shape index (κ3) is 4.13. The Kier molecular flexibility index (Phi) is 4.97. The van der Waals surface area contributed by atoms with Crippen LogP contribution in [0, 0.1) is 0 Å². The minimum absolute atomic E-state index is 0.290. The normalized spacial score (nSPS) is 15.9. The second-order valence-corrected chi connectivity index (χ2v) is 6.32. The van der Waals surface area contributed by atoms with Crippen molar-refractivity contribution in [2.24, 2.45) is 10.7 Å². The molecule has 0 radical (unpaired) electrons. The number of nitrogens with two attached hydrogens (primary N) is 1. The molecule has 0 aliphatic carbocycles. The van der Waals surface area contributed by atoms with E-state index in [2.05, 4.69) is 19.8 Å². The summed E-state index contributed by atoms with van der Waals surface area (Å²) in [5, 5.41) is 12.5. The van der Waals surface area contributed by atoms with E-state index in [0.717, 1.165) is 43.3 Å². The van der Waals surface area contributed by atoms with Crippen LogP contribution in [-0.4, -0.2) is 53.7 Å². The molecule has 0 unspecified atom stereocenters. The first-order valence-electron chi connectivity index (χ1n) is 7.69. The minimum atomic E-state index is 0.290. The third-order valence-corrected chi connectivity index (χ3v) is 4.71. The molecule has 1 fully saturated rings. The van der Waals surface area contributed by atoms with Gasteiger partial charge in [-0.25, -0.2) is 4.98 Å². The first kappa shape index (κ1) is 15.6. The topological polar surface area (TPSA) is 78.0 Å². The summed E-state index contributed by atoms with van der Waals surface area (Å²) >= 11 is 1.67. The number of thiazole rings is 1. The Bertz CT molecular complexity index is 650. The zero-order valence-electron chi connectivity index (χ0n) is 12.9. The number of guanidine groups is 1. The molecule has 1 aromatic carbocycles. The predicted molar refractivity (Wildman–Crippen MR) is 94.2 cm³/mol. The van der Waals surface area contributed by atoms with Gasteiger partial charge in [-0.15, -0.1) is 11.3 Å². The molecule has 0 bridgehead atoms. The maximum atomic E-state index is 9.45. The van der Waals surface area contributed by atoms with Crippen molar-refractivity contribution < 1.29 is 5.11 Å². The van der Waals surface area contributed by atoms with Crippen LogP contribution in [0.3, 0.4) is 0 Å². The van der Waals surface area contributed by atoms with Gasteiger partial charge in [-0.1, -0.05) is 12.1 Å². The average molecular weight is 331 g/mol. The number of phenolic OH excluding ortho intramolecular Hbond substituents is 1. The van der Waals surface area contributed by atoms with Gasteiger partial charge >= 0.3 is 0 Å². The van der Waals surface area contributed by atoms with Crippen molar-refractivity contribution in [3.8, 4) is 5.75 Å². The zero-order valence-corrected chi connectivity index (χ0v) is 13.7. The van der Waals surface area contributed by atoms with E-state index in [1.54, 1.807) is 23.5 Å². The van der Waals surface area contributed by atoms with E-state index in [0.29, 0.717) is 12.5 Å². The fourth-order valence-corrected chi connectivity index (χ4v) is 3.31. The molecule has 23 heavy (non-hydrogen) atoms. The molecule has 1 aliphatic rings. The molecule has 0 atom stereocenters. The highest BCUT2D eigenvalue weighted by molar-refractivity contribution is 7.13. The van der Waals surface area contributed by atoms with Crippen molar-refractivity contribution in [2.45, 2.75) is 6.42 Å². The van der Waals surface area contributed by atoms with Crippen LogP contribution in [0.5, 0.6) is 5.75 Å². The summed E-state index contributed by atoms with van der Waals surface area (Å²) in [5.41, 5.74) is 7.17. The maximum Gasteiger partial charge on any atom is 0.191 e. The van der Waals surface area contributed by atoms with Crippen LogP contribution in [0.25, 0.3) is 0 Å². The number of benzene rings is 1. The summed E-state index contributed by atoms with van der Waals surface area (Å²) in [6, 6.07) is 7.26. The van der Waals surface area contributed by atoms with Crippen LogP contribution in [-0.2, 0) is 6.42 Å². The Morgan fingerprint density at radius 3 is 2.83 bits per heavy atom. The Labute approximate surface area is 139 Å². The number of hydrogen-bond acceptors (Lipinski definition) is 5. The molecular formula is C16H21N5OS. The number of aliphatic imine (C=N–C) groups is 1. The number of aromatic nitrogens is 1. The number of nitrogens with zero attached hydrogens (tertiary/aromatic N) is 4. The monoisotopic (exact) mass is 331 g/mol. The quantitative estimate of drug-likeness (QED) is 0.656. The molecule has 122 valence electrons. The number of anilines is 1. The molecule has 7 heteroatoms. The van der Waals surface area contributed by atoms with Crippen LogP contribution in [0.15, 0.2) is 40.8 Å². The van der Waals surface area contributed by atoms with Gasteiger partial charge in [0.1, 0.15) is 5.75 Å². The second-order valence-electron chi connectivity index (χ2n) is 5.45. The zero-order chi connectivity index (χ0) is 16.1. The van der Waals surface area contributed by atoms with E-state index in [4.69, 9.17) is 5.73 Å². The molecule has 1 saturated heterocycles. The molecule has 1 aromatic heterocycles. The van der Waals surface area contributed by atoms with Crippen molar-refractivity contribution in [3.05, 3.63) is 41.4 Å². The van der Waals surface area contributed by atoms with Crippen LogP contribution >= 0.6 is 11.3 Å². The van der Waals surface area contributed by atoms with Gasteiger partial charge < -0.3 is 20.6 Å². The molecule has 1 aliphatic heterocycles.